The molecular formula is C17H16F4N2O4. The fourth-order valence-electron chi connectivity index (χ4n) is 2.10. The molecule has 0 bridgehead atoms. The Morgan fingerprint density at radius 3 is 2.22 bits per heavy atom. The summed E-state index contributed by atoms with van der Waals surface area (Å²) in [5, 5.41) is 5.02. The van der Waals surface area contributed by atoms with Crippen molar-refractivity contribution in [2.24, 2.45) is 0 Å². The van der Waals surface area contributed by atoms with Gasteiger partial charge in [0.25, 0.3) is 0 Å². The molecule has 6 nitrogen and oxygen atoms in total. The minimum atomic E-state index is -3.01. The van der Waals surface area contributed by atoms with Crippen LogP contribution in [0.15, 0.2) is 42.5 Å². The Morgan fingerprint density at radius 2 is 1.63 bits per heavy atom. The minimum absolute atomic E-state index is 0.0298. The molecule has 0 aromatic heterocycles. The molecule has 0 heterocycles. The first-order chi connectivity index (χ1) is 12.9. The van der Waals surface area contributed by atoms with Gasteiger partial charge in [-0.25, -0.2) is 4.79 Å². The van der Waals surface area contributed by atoms with E-state index in [4.69, 9.17) is 4.74 Å². The van der Waals surface area contributed by atoms with E-state index in [-0.39, 0.29) is 23.8 Å². The molecule has 0 unspecified atom stereocenters. The quantitative estimate of drug-likeness (QED) is 0.665. The number of nitrogens with one attached hydrogen (secondary N) is 2. The van der Waals surface area contributed by atoms with Gasteiger partial charge < -0.3 is 24.8 Å². The highest BCUT2D eigenvalue weighted by molar-refractivity contribution is 5.89. The molecule has 0 atom stereocenters. The summed E-state index contributed by atoms with van der Waals surface area (Å²) in [6.45, 7) is -5.92. The van der Waals surface area contributed by atoms with Crippen LogP contribution < -0.4 is 24.8 Å². The first-order valence-corrected chi connectivity index (χ1v) is 7.59. The smallest absolute Gasteiger partial charge is 0.387 e. The van der Waals surface area contributed by atoms with Crippen LogP contribution in [0.2, 0.25) is 0 Å². The fourth-order valence-corrected chi connectivity index (χ4v) is 2.10. The van der Waals surface area contributed by atoms with Crippen LogP contribution in [-0.4, -0.2) is 26.4 Å². The molecular weight excluding hydrogens is 372 g/mol. The Morgan fingerprint density at radius 1 is 0.963 bits per heavy atom. The molecule has 0 fully saturated rings. The first-order valence-electron chi connectivity index (χ1n) is 7.59. The van der Waals surface area contributed by atoms with Crippen LogP contribution in [0.3, 0.4) is 0 Å². The molecule has 0 saturated carbocycles. The van der Waals surface area contributed by atoms with E-state index in [9.17, 15) is 22.4 Å². The van der Waals surface area contributed by atoms with Crippen LogP contribution >= 0.6 is 0 Å². The summed E-state index contributed by atoms with van der Waals surface area (Å²) in [4.78, 5) is 11.9. The lowest BCUT2D eigenvalue weighted by Gasteiger charge is -2.12. The fraction of sp³-hybridized carbons (Fsp3) is 0.235. The Labute approximate surface area is 152 Å². The van der Waals surface area contributed by atoms with Crippen LogP contribution in [0.25, 0.3) is 0 Å². The van der Waals surface area contributed by atoms with Gasteiger partial charge in [-0.2, -0.15) is 17.6 Å². The average Bonchev–Trinajstić information content (AvgIpc) is 2.61. The van der Waals surface area contributed by atoms with Crippen LogP contribution in [0.5, 0.6) is 17.2 Å². The number of amides is 2. The Kier molecular flexibility index (Phi) is 7.09. The van der Waals surface area contributed by atoms with E-state index in [1.165, 1.54) is 43.5 Å². The van der Waals surface area contributed by atoms with Crippen molar-refractivity contribution in [2.75, 3.05) is 12.4 Å². The maximum absolute atomic E-state index is 12.4. The van der Waals surface area contributed by atoms with Crippen LogP contribution in [0, 0.1) is 0 Å². The second-order valence-corrected chi connectivity index (χ2v) is 5.07. The third kappa shape index (κ3) is 6.57. The van der Waals surface area contributed by atoms with Gasteiger partial charge in [-0.1, -0.05) is 6.07 Å². The third-order valence-electron chi connectivity index (χ3n) is 3.23. The Bertz CT molecular complexity index is 757. The number of carbonyl (C=O) groups is 1. The van der Waals surface area contributed by atoms with Crippen molar-refractivity contribution in [3.63, 3.8) is 0 Å². The summed E-state index contributed by atoms with van der Waals surface area (Å²) in [5.74, 6) is -0.0582. The minimum Gasteiger partial charge on any atom is -0.493 e. The number of benzene rings is 2. The first kappa shape index (κ1) is 20.1. The molecule has 10 heteroatoms. The van der Waals surface area contributed by atoms with E-state index >= 15 is 0 Å². The number of urea groups is 1. The number of methoxy groups -OCH3 is 1. The Balaban J connectivity index is 1.91. The van der Waals surface area contributed by atoms with Gasteiger partial charge in [-0.05, 0) is 42.0 Å². The molecule has 0 spiro atoms. The van der Waals surface area contributed by atoms with E-state index in [0.29, 0.717) is 11.3 Å². The number of halogens is 4. The molecule has 0 aliphatic rings. The van der Waals surface area contributed by atoms with Gasteiger partial charge in [-0.3, -0.25) is 0 Å². The molecule has 2 rings (SSSR count). The second-order valence-electron chi connectivity index (χ2n) is 5.07. The van der Waals surface area contributed by atoms with Crippen molar-refractivity contribution in [1.82, 2.24) is 5.32 Å². The van der Waals surface area contributed by atoms with Gasteiger partial charge in [-0.15, -0.1) is 0 Å². The van der Waals surface area contributed by atoms with Crippen LogP contribution in [0.4, 0.5) is 28.0 Å². The highest BCUT2D eigenvalue weighted by Crippen LogP contribution is 2.29. The predicted molar refractivity (Wildman–Crippen MR) is 88.6 cm³/mol. The third-order valence-corrected chi connectivity index (χ3v) is 3.23. The highest BCUT2D eigenvalue weighted by atomic mass is 19.3. The number of hydrogen-bond donors (Lipinski definition) is 2. The molecule has 27 heavy (non-hydrogen) atoms. The molecule has 0 radical (unpaired) electrons. The maximum atomic E-state index is 12.4. The zero-order valence-corrected chi connectivity index (χ0v) is 14.0. The summed E-state index contributed by atoms with van der Waals surface area (Å²) in [7, 11) is 1.32. The van der Waals surface area contributed by atoms with Gasteiger partial charge >= 0.3 is 19.3 Å². The van der Waals surface area contributed by atoms with Gasteiger partial charge in [0.1, 0.15) is 5.75 Å². The van der Waals surface area contributed by atoms with Crippen molar-refractivity contribution in [1.29, 1.82) is 0 Å². The summed E-state index contributed by atoms with van der Waals surface area (Å²) < 4.78 is 62.5. The standard InChI is InChI=1S/C17H16F4N2O4/c1-25-13-7-2-10(8-14(13)27-16(20)21)9-22-17(24)23-11-3-5-12(6-4-11)26-15(18)19/h2-8,15-16H,9H2,1H3,(H2,22,23,24). The van der Waals surface area contributed by atoms with Crippen LogP contribution in [0.1, 0.15) is 5.56 Å². The number of hydrogen-bond acceptors (Lipinski definition) is 4. The Hall–Kier alpha value is -3.17. The summed E-state index contributed by atoms with van der Waals surface area (Å²) in [6.07, 6.45) is 0. The molecule has 0 aliphatic heterocycles. The lowest BCUT2D eigenvalue weighted by Crippen LogP contribution is -2.28. The van der Waals surface area contributed by atoms with E-state index in [0.717, 1.165) is 0 Å². The SMILES string of the molecule is COc1ccc(CNC(=O)Nc2ccc(OC(F)F)cc2)cc1OC(F)F. The lowest BCUT2D eigenvalue weighted by molar-refractivity contribution is -0.0515. The maximum Gasteiger partial charge on any atom is 0.387 e. The molecule has 2 aromatic rings. The van der Waals surface area contributed by atoms with Crippen molar-refractivity contribution in [3.05, 3.63) is 48.0 Å². The van der Waals surface area contributed by atoms with Gasteiger partial charge in [0.2, 0.25) is 0 Å². The summed E-state index contributed by atoms with van der Waals surface area (Å²) in [6, 6.07) is 9.09. The van der Waals surface area contributed by atoms with E-state index in [1.807, 2.05) is 0 Å². The van der Waals surface area contributed by atoms with E-state index in [1.54, 1.807) is 6.07 Å². The van der Waals surface area contributed by atoms with Gasteiger partial charge in [0.15, 0.2) is 11.5 Å². The van der Waals surface area contributed by atoms with Crippen molar-refractivity contribution < 1.29 is 36.6 Å². The normalized spacial score (nSPS) is 10.6. The molecule has 0 aliphatic carbocycles. The topological polar surface area (TPSA) is 68.8 Å². The predicted octanol–water partition coefficient (Wildman–Crippen LogP) is 4.22. The molecule has 2 N–H and O–H groups in total. The summed E-state index contributed by atoms with van der Waals surface area (Å²) in [5.41, 5.74) is 0.854. The molecule has 146 valence electrons. The molecule has 2 amide bonds. The monoisotopic (exact) mass is 388 g/mol. The number of carbonyl (C=O) groups excluding carboxylic acids is 1. The zero-order chi connectivity index (χ0) is 19.8. The largest absolute Gasteiger partial charge is 0.493 e. The van der Waals surface area contributed by atoms with Crippen molar-refractivity contribution in [3.8, 4) is 17.2 Å². The van der Waals surface area contributed by atoms with E-state index < -0.39 is 19.3 Å². The van der Waals surface area contributed by atoms with Gasteiger partial charge in [0, 0.05) is 12.2 Å². The molecule has 2 aromatic carbocycles. The number of ether oxygens (including phenoxy) is 3. The zero-order valence-electron chi connectivity index (χ0n) is 14.0. The van der Waals surface area contributed by atoms with E-state index in [2.05, 4.69) is 20.1 Å². The second kappa shape index (κ2) is 9.51. The molecule has 0 saturated heterocycles. The van der Waals surface area contributed by atoms with Crippen LogP contribution in [-0.2, 0) is 6.54 Å². The van der Waals surface area contributed by atoms with Gasteiger partial charge in [0.05, 0.1) is 7.11 Å². The number of anilines is 1. The van der Waals surface area contributed by atoms with Crippen molar-refractivity contribution in [2.45, 2.75) is 19.8 Å². The highest BCUT2D eigenvalue weighted by Gasteiger charge is 2.12. The number of rotatable bonds is 8. The lowest BCUT2D eigenvalue weighted by atomic mass is 10.2. The number of alkyl halides is 4. The average molecular weight is 388 g/mol. The summed E-state index contributed by atoms with van der Waals surface area (Å²) >= 11 is 0. The van der Waals surface area contributed by atoms with Crippen molar-refractivity contribution >= 4 is 11.7 Å².